The van der Waals surface area contributed by atoms with Gasteiger partial charge in [0.2, 0.25) is 5.91 Å². The van der Waals surface area contributed by atoms with Crippen molar-refractivity contribution in [3.05, 3.63) is 18.2 Å². The highest BCUT2D eigenvalue weighted by Gasteiger charge is 2.33. The summed E-state index contributed by atoms with van der Waals surface area (Å²) in [6.07, 6.45) is 7.24. The molecule has 0 aliphatic carbocycles. The Bertz CT molecular complexity index is 368. The van der Waals surface area contributed by atoms with Crippen molar-refractivity contribution in [2.24, 2.45) is 5.41 Å². The molecule has 0 radical (unpaired) electrons. The average Bonchev–Trinajstić information content (AvgIpc) is 2.88. The van der Waals surface area contributed by atoms with Gasteiger partial charge in [-0.15, -0.1) is 0 Å². The van der Waals surface area contributed by atoms with Gasteiger partial charge in [0.1, 0.15) is 5.82 Å². The zero-order valence-electron chi connectivity index (χ0n) is 11.0. The van der Waals surface area contributed by atoms with E-state index in [0.717, 1.165) is 51.1 Å². The number of nitrogens with zero attached hydrogens (tertiary/aromatic N) is 1. The summed E-state index contributed by atoms with van der Waals surface area (Å²) in [6.45, 7) is 4.67. The van der Waals surface area contributed by atoms with Crippen LogP contribution in [0.3, 0.4) is 0 Å². The maximum atomic E-state index is 12.1. The van der Waals surface area contributed by atoms with E-state index in [2.05, 4.69) is 27.5 Å². The number of amides is 1. The zero-order chi connectivity index (χ0) is 12.8. The standard InChI is InChI=1S/C13H22N4O/c1-13(4-7-14-8-5-13)12(18)17-6-2-3-11-15-9-10-16-11/h9-10,14H,2-8H2,1H3,(H,15,16)(H,17,18). The lowest BCUT2D eigenvalue weighted by molar-refractivity contribution is -0.131. The van der Waals surface area contributed by atoms with E-state index in [0.29, 0.717) is 0 Å². The monoisotopic (exact) mass is 250 g/mol. The molecule has 1 aliphatic heterocycles. The molecule has 1 aromatic rings. The van der Waals surface area contributed by atoms with E-state index in [9.17, 15) is 4.79 Å². The Hall–Kier alpha value is -1.36. The fourth-order valence-corrected chi connectivity index (χ4v) is 2.31. The Morgan fingerprint density at radius 3 is 2.94 bits per heavy atom. The molecule has 1 amide bonds. The first kappa shape index (κ1) is 13.1. The zero-order valence-corrected chi connectivity index (χ0v) is 11.0. The van der Waals surface area contributed by atoms with Gasteiger partial charge in [-0.3, -0.25) is 4.79 Å². The van der Waals surface area contributed by atoms with Crippen LogP contribution in [0.5, 0.6) is 0 Å². The highest BCUT2D eigenvalue weighted by atomic mass is 16.2. The molecule has 1 saturated heterocycles. The second-order valence-corrected chi connectivity index (χ2v) is 5.21. The van der Waals surface area contributed by atoms with E-state index in [1.807, 2.05) is 6.20 Å². The molecule has 1 aliphatic rings. The number of rotatable bonds is 5. The van der Waals surface area contributed by atoms with Gasteiger partial charge in [0.15, 0.2) is 0 Å². The molecule has 5 nitrogen and oxygen atoms in total. The van der Waals surface area contributed by atoms with Gasteiger partial charge in [-0.05, 0) is 32.4 Å². The molecule has 5 heteroatoms. The third-order valence-corrected chi connectivity index (χ3v) is 3.69. The van der Waals surface area contributed by atoms with Crippen molar-refractivity contribution in [1.82, 2.24) is 20.6 Å². The van der Waals surface area contributed by atoms with Crippen LogP contribution in [0.4, 0.5) is 0 Å². The average molecular weight is 250 g/mol. The third kappa shape index (κ3) is 3.32. The number of hydrogen-bond donors (Lipinski definition) is 3. The molecule has 0 aromatic carbocycles. The number of aromatic nitrogens is 2. The van der Waals surface area contributed by atoms with Gasteiger partial charge in [-0.1, -0.05) is 6.92 Å². The first-order valence-electron chi connectivity index (χ1n) is 6.68. The number of imidazole rings is 1. The van der Waals surface area contributed by atoms with Crippen molar-refractivity contribution < 1.29 is 4.79 Å². The van der Waals surface area contributed by atoms with Gasteiger partial charge in [0.25, 0.3) is 0 Å². The highest BCUT2D eigenvalue weighted by molar-refractivity contribution is 5.82. The minimum atomic E-state index is -0.185. The van der Waals surface area contributed by atoms with Crippen LogP contribution in [0.2, 0.25) is 0 Å². The van der Waals surface area contributed by atoms with E-state index >= 15 is 0 Å². The number of aromatic amines is 1. The fourth-order valence-electron chi connectivity index (χ4n) is 2.31. The lowest BCUT2D eigenvalue weighted by Gasteiger charge is -2.32. The molecule has 1 aromatic heterocycles. The van der Waals surface area contributed by atoms with Crippen LogP contribution in [0.25, 0.3) is 0 Å². The maximum Gasteiger partial charge on any atom is 0.226 e. The molecule has 18 heavy (non-hydrogen) atoms. The number of aryl methyl sites for hydroxylation is 1. The summed E-state index contributed by atoms with van der Waals surface area (Å²) in [6, 6.07) is 0. The molecule has 2 heterocycles. The first-order chi connectivity index (χ1) is 8.71. The summed E-state index contributed by atoms with van der Waals surface area (Å²) in [7, 11) is 0. The lowest BCUT2D eigenvalue weighted by atomic mass is 9.80. The summed E-state index contributed by atoms with van der Waals surface area (Å²) in [4.78, 5) is 19.3. The molecule has 0 unspecified atom stereocenters. The van der Waals surface area contributed by atoms with Gasteiger partial charge in [0, 0.05) is 30.8 Å². The fraction of sp³-hybridized carbons (Fsp3) is 0.692. The number of piperidine rings is 1. The van der Waals surface area contributed by atoms with Crippen LogP contribution in [0.1, 0.15) is 32.0 Å². The van der Waals surface area contributed by atoms with Crippen molar-refractivity contribution in [2.75, 3.05) is 19.6 Å². The molecule has 0 bridgehead atoms. The number of hydrogen-bond acceptors (Lipinski definition) is 3. The molecule has 3 N–H and O–H groups in total. The summed E-state index contributed by atoms with van der Waals surface area (Å²) in [5.41, 5.74) is -0.185. The Balaban J connectivity index is 1.68. The third-order valence-electron chi connectivity index (χ3n) is 3.69. The predicted molar refractivity (Wildman–Crippen MR) is 70.1 cm³/mol. The maximum absolute atomic E-state index is 12.1. The molecular formula is C13H22N4O. The largest absolute Gasteiger partial charge is 0.356 e. The summed E-state index contributed by atoms with van der Waals surface area (Å²) < 4.78 is 0. The van der Waals surface area contributed by atoms with Crippen LogP contribution >= 0.6 is 0 Å². The van der Waals surface area contributed by atoms with E-state index in [4.69, 9.17) is 0 Å². The molecule has 1 fully saturated rings. The molecular weight excluding hydrogens is 228 g/mol. The van der Waals surface area contributed by atoms with Crippen molar-refractivity contribution >= 4 is 5.91 Å². The molecule has 0 saturated carbocycles. The molecule has 0 spiro atoms. The van der Waals surface area contributed by atoms with E-state index in [-0.39, 0.29) is 11.3 Å². The SMILES string of the molecule is CC1(C(=O)NCCCc2ncc[nH]2)CCNCC1. The van der Waals surface area contributed by atoms with Gasteiger partial charge in [0.05, 0.1) is 0 Å². The minimum Gasteiger partial charge on any atom is -0.356 e. The lowest BCUT2D eigenvalue weighted by Crippen LogP contribution is -2.46. The quantitative estimate of drug-likeness (QED) is 0.678. The van der Waals surface area contributed by atoms with Gasteiger partial charge in [-0.2, -0.15) is 0 Å². The van der Waals surface area contributed by atoms with Crippen LogP contribution in [0, 0.1) is 5.41 Å². The number of carbonyl (C=O) groups excluding carboxylic acids is 1. The van der Waals surface area contributed by atoms with Crippen molar-refractivity contribution in [3.63, 3.8) is 0 Å². The summed E-state index contributed by atoms with van der Waals surface area (Å²) >= 11 is 0. The second kappa shape index (κ2) is 6.00. The smallest absolute Gasteiger partial charge is 0.226 e. The Morgan fingerprint density at radius 1 is 1.50 bits per heavy atom. The van der Waals surface area contributed by atoms with Gasteiger partial charge in [-0.25, -0.2) is 4.98 Å². The molecule has 0 atom stereocenters. The highest BCUT2D eigenvalue weighted by Crippen LogP contribution is 2.27. The van der Waals surface area contributed by atoms with Crippen LogP contribution in [-0.2, 0) is 11.2 Å². The minimum absolute atomic E-state index is 0.185. The number of carbonyl (C=O) groups is 1. The van der Waals surface area contributed by atoms with Crippen LogP contribution < -0.4 is 10.6 Å². The van der Waals surface area contributed by atoms with E-state index < -0.39 is 0 Å². The first-order valence-corrected chi connectivity index (χ1v) is 6.68. The summed E-state index contributed by atoms with van der Waals surface area (Å²) in [5, 5.41) is 6.34. The Labute approximate surface area is 108 Å². The van der Waals surface area contributed by atoms with Crippen molar-refractivity contribution in [3.8, 4) is 0 Å². The van der Waals surface area contributed by atoms with Crippen LogP contribution in [0.15, 0.2) is 12.4 Å². The van der Waals surface area contributed by atoms with Gasteiger partial charge < -0.3 is 15.6 Å². The summed E-state index contributed by atoms with van der Waals surface area (Å²) in [5.74, 6) is 1.18. The van der Waals surface area contributed by atoms with E-state index in [1.165, 1.54) is 0 Å². The van der Waals surface area contributed by atoms with Gasteiger partial charge >= 0.3 is 0 Å². The molecule has 2 rings (SSSR count). The number of H-pyrrole nitrogens is 1. The van der Waals surface area contributed by atoms with Crippen molar-refractivity contribution in [2.45, 2.75) is 32.6 Å². The Morgan fingerprint density at radius 2 is 2.28 bits per heavy atom. The topological polar surface area (TPSA) is 69.8 Å². The predicted octanol–water partition coefficient (Wildman–Crippen LogP) is 0.848. The van der Waals surface area contributed by atoms with Crippen LogP contribution in [-0.4, -0.2) is 35.5 Å². The van der Waals surface area contributed by atoms with E-state index in [1.54, 1.807) is 6.20 Å². The number of nitrogens with one attached hydrogen (secondary N) is 3. The normalized spacial score (nSPS) is 18.5. The molecule has 100 valence electrons. The second-order valence-electron chi connectivity index (χ2n) is 5.21. The Kier molecular flexibility index (Phi) is 4.36. The van der Waals surface area contributed by atoms with Crippen molar-refractivity contribution in [1.29, 1.82) is 0 Å².